The standard InChI is InChI=1S/C40H29N3O/c1-41-36-20-9-10-21-39(36)44-40(41)29-13-11-16-31(24-29)43-35-19-8-6-17-32(35)33-26-37-28(25-38(33)43)23-22-27-12-5-7-18-34(27)42(37)30-14-3-2-4-15-30/h2-26,40H,1H3. The second-order valence-electron chi connectivity index (χ2n) is 11.5. The van der Waals surface area contributed by atoms with Crippen LogP contribution in [0.1, 0.15) is 22.9 Å². The molecule has 0 radical (unpaired) electrons. The van der Waals surface area contributed by atoms with Crippen LogP contribution in [-0.2, 0) is 0 Å². The average molecular weight is 568 g/mol. The number of anilines is 4. The molecule has 0 spiro atoms. The van der Waals surface area contributed by atoms with Crippen LogP contribution in [0.5, 0.6) is 5.75 Å². The molecule has 0 saturated carbocycles. The highest BCUT2D eigenvalue weighted by atomic mass is 16.5. The topological polar surface area (TPSA) is 20.6 Å². The van der Waals surface area contributed by atoms with Crippen molar-refractivity contribution in [1.82, 2.24) is 4.57 Å². The van der Waals surface area contributed by atoms with Gasteiger partial charge in [-0.15, -0.1) is 0 Å². The number of ether oxygens (including phenoxy) is 1. The average Bonchev–Trinajstić information content (AvgIpc) is 3.53. The minimum Gasteiger partial charge on any atom is -0.464 e. The van der Waals surface area contributed by atoms with Gasteiger partial charge in [-0.1, -0.05) is 91.0 Å². The molecule has 0 bridgehead atoms. The third-order valence-corrected chi connectivity index (χ3v) is 8.95. The summed E-state index contributed by atoms with van der Waals surface area (Å²) in [6.45, 7) is 0. The molecule has 7 aromatic rings. The van der Waals surface area contributed by atoms with Crippen molar-refractivity contribution in [2.24, 2.45) is 0 Å². The zero-order chi connectivity index (χ0) is 29.2. The van der Waals surface area contributed by atoms with Crippen molar-refractivity contribution in [2.45, 2.75) is 6.23 Å². The van der Waals surface area contributed by atoms with Gasteiger partial charge in [-0.3, -0.25) is 0 Å². The molecule has 4 heteroatoms. The smallest absolute Gasteiger partial charge is 0.198 e. The summed E-state index contributed by atoms with van der Waals surface area (Å²) < 4.78 is 8.83. The normalized spacial score (nSPS) is 15.2. The molecule has 0 amide bonds. The quantitative estimate of drug-likeness (QED) is 0.212. The Hall–Kier alpha value is -5.74. The predicted octanol–water partition coefficient (Wildman–Crippen LogP) is 10.3. The van der Waals surface area contributed by atoms with E-state index < -0.39 is 0 Å². The third kappa shape index (κ3) is 3.71. The molecule has 44 heavy (non-hydrogen) atoms. The highest BCUT2D eigenvalue weighted by molar-refractivity contribution is 6.12. The maximum absolute atomic E-state index is 6.43. The molecule has 2 aliphatic rings. The van der Waals surface area contributed by atoms with Crippen molar-refractivity contribution >= 4 is 56.7 Å². The maximum atomic E-state index is 6.43. The first-order valence-corrected chi connectivity index (χ1v) is 15.0. The van der Waals surface area contributed by atoms with Crippen LogP contribution in [0.15, 0.2) is 140 Å². The zero-order valence-electron chi connectivity index (χ0n) is 24.3. The second kappa shape index (κ2) is 9.65. The Morgan fingerprint density at radius 1 is 0.523 bits per heavy atom. The number of para-hydroxylation sites is 5. The molecule has 1 unspecified atom stereocenters. The van der Waals surface area contributed by atoms with E-state index in [-0.39, 0.29) is 6.23 Å². The third-order valence-electron chi connectivity index (χ3n) is 8.95. The Labute approximate surface area is 256 Å². The van der Waals surface area contributed by atoms with Gasteiger partial charge in [0.15, 0.2) is 6.23 Å². The van der Waals surface area contributed by atoms with Gasteiger partial charge < -0.3 is 19.1 Å². The minimum atomic E-state index is -0.183. The molecule has 4 nitrogen and oxygen atoms in total. The van der Waals surface area contributed by atoms with E-state index >= 15 is 0 Å². The van der Waals surface area contributed by atoms with Crippen molar-refractivity contribution in [3.63, 3.8) is 0 Å². The summed E-state index contributed by atoms with van der Waals surface area (Å²) in [5, 5.41) is 2.45. The molecule has 6 aromatic carbocycles. The van der Waals surface area contributed by atoms with E-state index in [9.17, 15) is 0 Å². The van der Waals surface area contributed by atoms with Gasteiger partial charge in [0.05, 0.1) is 28.1 Å². The molecule has 1 atom stereocenters. The van der Waals surface area contributed by atoms with Crippen LogP contribution in [0.2, 0.25) is 0 Å². The number of fused-ring (bicyclic) bond motifs is 6. The molecule has 0 saturated heterocycles. The first-order chi connectivity index (χ1) is 21.7. The Kier molecular flexibility index (Phi) is 5.44. The van der Waals surface area contributed by atoms with E-state index in [1.165, 1.54) is 44.3 Å². The van der Waals surface area contributed by atoms with E-state index in [4.69, 9.17) is 4.74 Å². The minimum absolute atomic E-state index is 0.183. The largest absolute Gasteiger partial charge is 0.464 e. The summed E-state index contributed by atoms with van der Waals surface area (Å²) >= 11 is 0. The van der Waals surface area contributed by atoms with Gasteiger partial charge in [-0.25, -0.2) is 0 Å². The van der Waals surface area contributed by atoms with Gasteiger partial charge in [0.1, 0.15) is 5.75 Å². The monoisotopic (exact) mass is 567 g/mol. The fourth-order valence-corrected chi connectivity index (χ4v) is 6.90. The Morgan fingerprint density at radius 2 is 1.25 bits per heavy atom. The van der Waals surface area contributed by atoms with Gasteiger partial charge in [0.2, 0.25) is 0 Å². The van der Waals surface area contributed by atoms with Crippen molar-refractivity contribution < 1.29 is 4.74 Å². The van der Waals surface area contributed by atoms with E-state index in [0.29, 0.717) is 0 Å². The molecule has 210 valence electrons. The summed E-state index contributed by atoms with van der Waals surface area (Å²) in [4.78, 5) is 4.60. The Bertz CT molecular complexity index is 2250. The van der Waals surface area contributed by atoms with Crippen molar-refractivity contribution in [3.05, 3.63) is 156 Å². The number of rotatable bonds is 3. The first-order valence-electron chi connectivity index (χ1n) is 15.0. The van der Waals surface area contributed by atoms with E-state index in [1.54, 1.807) is 0 Å². The highest BCUT2D eigenvalue weighted by Gasteiger charge is 2.29. The van der Waals surface area contributed by atoms with E-state index in [0.717, 1.165) is 28.4 Å². The molecule has 2 aliphatic heterocycles. The number of nitrogens with zero attached hydrogens (tertiary/aromatic N) is 3. The van der Waals surface area contributed by atoms with Crippen molar-refractivity contribution in [2.75, 3.05) is 16.8 Å². The lowest BCUT2D eigenvalue weighted by Crippen LogP contribution is -2.22. The molecule has 1 aromatic heterocycles. The number of hydrogen-bond donors (Lipinski definition) is 0. The molecular formula is C40H29N3O. The van der Waals surface area contributed by atoms with Crippen LogP contribution < -0.4 is 14.5 Å². The molecule has 0 N–H and O–H groups in total. The van der Waals surface area contributed by atoms with Gasteiger partial charge >= 0.3 is 0 Å². The predicted molar refractivity (Wildman–Crippen MR) is 183 cm³/mol. The summed E-state index contributed by atoms with van der Waals surface area (Å²) in [5.41, 5.74) is 11.5. The van der Waals surface area contributed by atoms with Crippen LogP contribution >= 0.6 is 0 Å². The van der Waals surface area contributed by atoms with Crippen LogP contribution in [-0.4, -0.2) is 11.6 Å². The first kappa shape index (κ1) is 24.8. The Balaban J connectivity index is 1.26. The fraction of sp³-hybridized carbons (Fsp3) is 0.0500. The van der Waals surface area contributed by atoms with E-state index in [1.807, 2.05) is 12.1 Å². The molecular weight excluding hydrogens is 538 g/mol. The lowest BCUT2D eigenvalue weighted by molar-refractivity contribution is 0.235. The molecule has 0 fully saturated rings. The summed E-state index contributed by atoms with van der Waals surface area (Å²) in [7, 11) is 2.10. The SMILES string of the molecule is CN1c2ccccc2OC1c1cccc(-n2c3ccccc3c3cc4c(cc32)C=Cc2ccccc2N4c2ccccc2)c1. The van der Waals surface area contributed by atoms with Crippen LogP contribution in [0.3, 0.4) is 0 Å². The number of hydrogen-bond acceptors (Lipinski definition) is 3. The maximum Gasteiger partial charge on any atom is 0.198 e. The lowest BCUT2D eigenvalue weighted by Gasteiger charge is -2.27. The van der Waals surface area contributed by atoms with Crippen molar-refractivity contribution in [3.8, 4) is 11.4 Å². The fourth-order valence-electron chi connectivity index (χ4n) is 6.90. The summed E-state index contributed by atoms with van der Waals surface area (Å²) in [5.74, 6) is 0.917. The summed E-state index contributed by atoms with van der Waals surface area (Å²) in [6.07, 6.45) is 4.31. The van der Waals surface area contributed by atoms with Crippen molar-refractivity contribution in [1.29, 1.82) is 0 Å². The van der Waals surface area contributed by atoms with Gasteiger partial charge in [-0.2, -0.15) is 0 Å². The van der Waals surface area contributed by atoms with Gasteiger partial charge in [0, 0.05) is 40.3 Å². The number of aromatic nitrogens is 1. The molecule has 9 rings (SSSR count). The second-order valence-corrected chi connectivity index (χ2v) is 11.5. The van der Waals surface area contributed by atoms with E-state index in [2.05, 4.69) is 161 Å². The highest BCUT2D eigenvalue weighted by Crippen LogP contribution is 2.46. The van der Waals surface area contributed by atoms with Gasteiger partial charge in [-0.05, 0) is 66.2 Å². The van der Waals surface area contributed by atoms with Crippen LogP contribution in [0.25, 0.3) is 39.6 Å². The number of benzene rings is 6. The van der Waals surface area contributed by atoms with Crippen LogP contribution in [0, 0.1) is 0 Å². The zero-order valence-corrected chi connectivity index (χ0v) is 24.3. The lowest BCUT2D eigenvalue weighted by atomic mass is 10.1. The van der Waals surface area contributed by atoms with Gasteiger partial charge in [0.25, 0.3) is 0 Å². The molecule has 3 heterocycles. The van der Waals surface area contributed by atoms with Crippen LogP contribution in [0.4, 0.5) is 22.7 Å². The molecule has 0 aliphatic carbocycles. The Morgan fingerprint density at radius 3 is 2.14 bits per heavy atom. The summed E-state index contributed by atoms with van der Waals surface area (Å²) in [6, 6.07) is 49.8.